The molecule has 1 nitrogen and oxygen atoms in total. The lowest BCUT2D eigenvalue weighted by atomic mass is 10.2. The van der Waals surface area contributed by atoms with Gasteiger partial charge in [0.15, 0.2) is 0 Å². The van der Waals surface area contributed by atoms with Crippen molar-refractivity contribution in [1.82, 2.24) is 0 Å². The number of hydrogen-bond donors (Lipinski definition) is 1. The summed E-state index contributed by atoms with van der Waals surface area (Å²) in [5.41, 5.74) is 2.10. The van der Waals surface area contributed by atoms with E-state index in [0.29, 0.717) is 6.54 Å². The Bertz CT molecular complexity index is 575. The molecule has 0 aliphatic heterocycles. The second kappa shape index (κ2) is 6.46. The first-order valence-electron chi connectivity index (χ1n) is 5.19. The summed E-state index contributed by atoms with van der Waals surface area (Å²) in [5, 5.41) is 4.85. The molecule has 2 aromatic carbocycles. The van der Waals surface area contributed by atoms with Gasteiger partial charge in [-0.05, 0) is 64.6 Å². The second-order valence-corrected chi connectivity index (χ2v) is 6.63. The molecule has 0 radical (unpaired) electrons. The first kappa shape index (κ1) is 14.4. The Kier molecular flexibility index (Phi) is 5.18. The van der Waals surface area contributed by atoms with Crippen molar-refractivity contribution in [2.45, 2.75) is 6.54 Å². The fourth-order valence-corrected chi connectivity index (χ4v) is 3.16. The Morgan fingerprint density at radius 1 is 1.11 bits per heavy atom. The summed E-state index contributed by atoms with van der Waals surface area (Å²) in [6.07, 6.45) is 0. The van der Waals surface area contributed by atoms with E-state index >= 15 is 0 Å². The number of halogens is 4. The molecule has 94 valence electrons. The Hall–Kier alpha value is 0.0300. The lowest BCUT2D eigenvalue weighted by molar-refractivity contribution is 1.14. The summed E-state index contributed by atoms with van der Waals surface area (Å²) >= 11 is 17.8. The highest BCUT2D eigenvalue weighted by atomic mass is 127. The van der Waals surface area contributed by atoms with Crippen LogP contribution in [0.5, 0.6) is 0 Å². The third kappa shape index (κ3) is 3.76. The average molecular weight is 457 g/mol. The molecule has 0 amide bonds. The normalized spacial score (nSPS) is 10.4. The molecule has 0 bridgehead atoms. The van der Waals surface area contributed by atoms with Gasteiger partial charge in [-0.2, -0.15) is 0 Å². The van der Waals surface area contributed by atoms with Gasteiger partial charge in [0, 0.05) is 30.3 Å². The monoisotopic (exact) mass is 455 g/mol. The summed E-state index contributed by atoms with van der Waals surface area (Å²) in [6, 6.07) is 11.6. The van der Waals surface area contributed by atoms with Crippen LogP contribution < -0.4 is 5.32 Å². The average Bonchev–Trinajstić information content (AvgIpc) is 2.32. The van der Waals surface area contributed by atoms with Crippen molar-refractivity contribution < 1.29 is 0 Å². The number of rotatable bonds is 3. The first-order valence-corrected chi connectivity index (χ1v) is 7.82. The molecule has 2 aromatic rings. The van der Waals surface area contributed by atoms with Gasteiger partial charge in [-0.3, -0.25) is 0 Å². The van der Waals surface area contributed by atoms with E-state index < -0.39 is 0 Å². The van der Waals surface area contributed by atoms with Crippen LogP contribution >= 0.6 is 61.7 Å². The molecule has 0 heterocycles. The minimum atomic E-state index is 0.676. The molecular weight excluding hydrogens is 448 g/mol. The Balaban J connectivity index is 2.13. The molecule has 18 heavy (non-hydrogen) atoms. The minimum Gasteiger partial charge on any atom is -0.380 e. The third-order valence-corrected chi connectivity index (χ3v) is 4.40. The van der Waals surface area contributed by atoms with Crippen LogP contribution in [0, 0.1) is 3.57 Å². The number of hydrogen-bond acceptors (Lipinski definition) is 1. The largest absolute Gasteiger partial charge is 0.380 e. The third-order valence-electron chi connectivity index (χ3n) is 2.41. The lowest BCUT2D eigenvalue weighted by Gasteiger charge is -2.10. The Morgan fingerprint density at radius 2 is 1.89 bits per heavy atom. The molecule has 0 aliphatic carbocycles. The number of nitrogens with one attached hydrogen (secondary N) is 1. The lowest BCUT2D eigenvalue weighted by Crippen LogP contribution is -2.01. The van der Waals surface area contributed by atoms with Crippen LogP contribution in [0.4, 0.5) is 5.69 Å². The van der Waals surface area contributed by atoms with E-state index in [2.05, 4.69) is 43.8 Å². The standard InChI is InChI=1S/C13H9BrCl2IN/c14-9-1-3-11(16)8(5-9)7-18-13-4-2-10(15)6-12(13)17/h1-6,18H,7H2. The minimum absolute atomic E-state index is 0.676. The van der Waals surface area contributed by atoms with Gasteiger partial charge in [0.1, 0.15) is 0 Å². The van der Waals surface area contributed by atoms with Crippen LogP contribution in [0.25, 0.3) is 0 Å². The molecule has 2 rings (SSSR count). The summed E-state index contributed by atoms with van der Waals surface area (Å²) in [7, 11) is 0. The van der Waals surface area contributed by atoms with Crippen molar-refractivity contribution in [3.63, 3.8) is 0 Å². The van der Waals surface area contributed by atoms with Crippen molar-refractivity contribution in [1.29, 1.82) is 0 Å². The van der Waals surface area contributed by atoms with Gasteiger partial charge in [-0.1, -0.05) is 39.1 Å². The highest BCUT2D eigenvalue weighted by molar-refractivity contribution is 14.1. The number of benzene rings is 2. The smallest absolute Gasteiger partial charge is 0.0479 e. The van der Waals surface area contributed by atoms with E-state index in [4.69, 9.17) is 23.2 Å². The molecule has 0 atom stereocenters. The fourth-order valence-electron chi connectivity index (χ4n) is 1.50. The molecule has 0 aliphatic rings. The zero-order valence-electron chi connectivity index (χ0n) is 9.18. The SMILES string of the molecule is Clc1ccc(NCc2cc(Br)ccc2Cl)c(I)c1. The van der Waals surface area contributed by atoms with E-state index in [-0.39, 0.29) is 0 Å². The molecule has 0 fully saturated rings. The summed E-state index contributed by atoms with van der Waals surface area (Å²) in [4.78, 5) is 0. The summed E-state index contributed by atoms with van der Waals surface area (Å²) in [5.74, 6) is 0. The molecule has 1 N–H and O–H groups in total. The van der Waals surface area contributed by atoms with Crippen molar-refractivity contribution >= 4 is 67.4 Å². The van der Waals surface area contributed by atoms with Crippen LogP contribution in [0.3, 0.4) is 0 Å². The van der Waals surface area contributed by atoms with Crippen molar-refractivity contribution in [3.8, 4) is 0 Å². The highest BCUT2D eigenvalue weighted by Crippen LogP contribution is 2.25. The van der Waals surface area contributed by atoms with Gasteiger partial charge >= 0.3 is 0 Å². The molecule has 0 spiro atoms. The van der Waals surface area contributed by atoms with Gasteiger partial charge in [-0.25, -0.2) is 0 Å². The van der Waals surface area contributed by atoms with E-state index in [1.54, 1.807) is 0 Å². The van der Waals surface area contributed by atoms with Crippen LogP contribution in [0.1, 0.15) is 5.56 Å². The first-order chi connectivity index (χ1) is 8.56. The van der Waals surface area contributed by atoms with Crippen molar-refractivity contribution in [2.24, 2.45) is 0 Å². The van der Waals surface area contributed by atoms with E-state index in [0.717, 1.165) is 29.3 Å². The molecule has 0 aromatic heterocycles. The van der Waals surface area contributed by atoms with Gasteiger partial charge < -0.3 is 5.32 Å². The zero-order valence-corrected chi connectivity index (χ0v) is 14.4. The van der Waals surface area contributed by atoms with Crippen LogP contribution in [0.2, 0.25) is 10.0 Å². The molecule has 0 unspecified atom stereocenters. The Labute approximate surface area is 138 Å². The molecule has 0 saturated carbocycles. The van der Waals surface area contributed by atoms with Crippen molar-refractivity contribution in [3.05, 3.63) is 60.0 Å². The highest BCUT2D eigenvalue weighted by Gasteiger charge is 2.04. The summed E-state index contributed by atoms with van der Waals surface area (Å²) in [6.45, 7) is 0.676. The van der Waals surface area contributed by atoms with Gasteiger partial charge in [0.25, 0.3) is 0 Å². The van der Waals surface area contributed by atoms with E-state index in [9.17, 15) is 0 Å². The maximum atomic E-state index is 6.14. The quantitative estimate of drug-likeness (QED) is 0.561. The Morgan fingerprint density at radius 3 is 2.61 bits per heavy atom. The summed E-state index contributed by atoms with van der Waals surface area (Å²) < 4.78 is 2.11. The van der Waals surface area contributed by atoms with Crippen LogP contribution in [0.15, 0.2) is 40.9 Å². The zero-order chi connectivity index (χ0) is 13.1. The molecule has 5 heteroatoms. The predicted molar refractivity (Wildman–Crippen MR) is 90.6 cm³/mol. The molecule has 0 saturated heterocycles. The van der Waals surface area contributed by atoms with Crippen LogP contribution in [-0.4, -0.2) is 0 Å². The topological polar surface area (TPSA) is 12.0 Å². The van der Waals surface area contributed by atoms with Crippen LogP contribution in [-0.2, 0) is 6.54 Å². The van der Waals surface area contributed by atoms with Gasteiger partial charge in [0.2, 0.25) is 0 Å². The maximum absolute atomic E-state index is 6.14. The van der Waals surface area contributed by atoms with E-state index in [1.807, 2.05) is 36.4 Å². The van der Waals surface area contributed by atoms with E-state index in [1.165, 1.54) is 0 Å². The predicted octanol–water partition coefficient (Wildman–Crippen LogP) is 5.97. The fraction of sp³-hybridized carbons (Fsp3) is 0.0769. The van der Waals surface area contributed by atoms with Crippen molar-refractivity contribution in [2.75, 3.05) is 5.32 Å². The number of anilines is 1. The second-order valence-electron chi connectivity index (χ2n) is 3.71. The molecular formula is C13H9BrCl2IN. The maximum Gasteiger partial charge on any atom is 0.0479 e. The van der Waals surface area contributed by atoms with Gasteiger partial charge in [-0.15, -0.1) is 0 Å². The van der Waals surface area contributed by atoms with Gasteiger partial charge in [0.05, 0.1) is 0 Å².